The Morgan fingerprint density at radius 1 is 0.562 bits per heavy atom. The molecule has 0 unspecified atom stereocenters. The first-order valence-corrected chi connectivity index (χ1v) is 24.8. The van der Waals surface area contributed by atoms with Gasteiger partial charge in [0.05, 0.1) is 68.2 Å². The number of alkyl halides is 12. The summed E-state index contributed by atoms with van der Waals surface area (Å²) in [5.41, 5.74) is -15.5. The van der Waals surface area contributed by atoms with Gasteiger partial charge in [0.1, 0.15) is 36.1 Å². The van der Waals surface area contributed by atoms with Gasteiger partial charge in [-0.3, -0.25) is 32.9 Å². The maximum atomic E-state index is 13.6. The van der Waals surface area contributed by atoms with Gasteiger partial charge in [-0.05, 0) is 48.5 Å². The molecule has 4 heterocycles. The van der Waals surface area contributed by atoms with Gasteiger partial charge in [-0.1, -0.05) is 23.2 Å². The number of halogens is 14. The molecule has 6 aromatic rings. The fraction of sp³-hybridized carbons (Fsp3) is 0.250. The molecule has 0 aliphatic carbocycles. The Bertz CT molecular complexity index is 3510. The van der Waals surface area contributed by atoms with Gasteiger partial charge in [0.25, 0.3) is 22.2 Å². The Kier molecular flexibility index (Phi) is 22.9. The molecule has 40 heteroatoms. The van der Waals surface area contributed by atoms with Crippen molar-refractivity contribution >= 4 is 38.4 Å². The van der Waals surface area contributed by atoms with E-state index in [1.165, 1.54) is 6.07 Å². The Hall–Kier alpha value is -5.42. The summed E-state index contributed by atoms with van der Waals surface area (Å²) in [7, 11) is -9.03. The molecule has 0 fully saturated rings. The van der Waals surface area contributed by atoms with E-state index in [1.54, 1.807) is 12.1 Å². The average Bonchev–Trinajstić information content (AvgIpc) is 3.29. The molecule has 0 N–H and O–H groups in total. The van der Waals surface area contributed by atoms with Crippen molar-refractivity contribution in [1.29, 1.82) is 10.5 Å². The summed E-state index contributed by atoms with van der Waals surface area (Å²) in [4.78, 5) is 77.8. The minimum Gasteiger partial charge on any atom is -0.790 e. The van der Waals surface area contributed by atoms with Crippen molar-refractivity contribution in [3.05, 3.63) is 158 Å². The van der Waals surface area contributed by atoms with E-state index in [-0.39, 0.29) is 95.7 Å². The smallest absolute Gasteiger partial charge is 0.790 e. The molecule has 0 spiro atoms. The summed E-state index contributed by atoms with van der Waals surface area (Å²) in [6.45, 7) is -2.16. The van der Waals surface area contributed by atoms with Gasteiger partial charge < -0.3 is 32.9 Å². The molecule has 0 radical (unpaired) electrons. The van der Waals surface area contributed by atoms with Gasteiger partial charge in [0, 0.05) is 23.4 Å². The molecule has 0 aliphatic rings. The van der Waals surface area contributed by atoms with Crippen molar-refractivity contribution in [3.8, 4) is 35.1 Å². The Balaban J connectivity index is 0.000000410. The predicted molar refractivity (Wildman–Crippen MR) is 234 cm³/mol. The maximum absolute atomic E-state index is 13.6. The minimum atomic E-state index is -5.77. The Labute approximate surface area is 490 Å². The third-order valence-electron chi connectivity index (χ3n) is 9.12. The summed E-state index contributed by atoms with van der Waals surface area (Å²) in [6.07, 6.45) is -20.2. The van der Waals surface area contributed by atoms with E-state index < -0.39 is 146 Å². The van der Waals surface area contributed by atoms with Crippen molar-refractivity contribution in [1.82, 2.24) is 38.7 Å². The first kappa shape index (κ1) is 68.9. The minimum absolute atomic E-state index is 0. The molecule has 4 aromatic heterocycles. The number of hydrogen-bond acceptors (Lipinski definition) is 18. The van der Waals surface area contributed by atoms with Gasteiger partial charge in [0.15, 0.2) is 18.8 Å². The number of nitrogens with zero attached hydrogens (tertiary/aromatic N) is 10. The van der Waals surface area contributed by atoms with Crippen LogP contribution in [0.1, 0.15) is 45.0 Å². The number of phosphoric acid groups is 1. The van der Waals surface area contributed by atoms with Crippen LogP contribution in [0.5, 0.6) is 23.0 Å². The van der Waals surface area contributed by atoms with E-state index in [4.69, 9.17) is 47.7 Å². The second kappa shape index (κ2) is 26.7. The average molecular weight is 1240 g/mol. The Morgan fingerprint density at radius 3 is 1.21 bits per heavy atom. The molecule has 0 saturated carbocycles. The molecule has 80 heavy (non-hydrogen) atoms. The summed E-state index contributed by atoms with van der Waals surface area (Å²) in [5.74, 6) is -3.71. The molecule has 0 saturated heterocycles. The summed E-state index contributed by atoms with van der Waals surface area (Å²) in [6, 6.07) is 10.1. The van der Waals surface area contributed by atoms with Crippen LogP contribution < -0.4 is 101 Å². The van der Waals surface area contributed by atoms with Crippen LogP contribution in [0.2, 0.25) is 10.0 Å². The molecule has 22 nitrogen and oxygen atoms in total. The number of benzene rings is 2. The van der Waals surface area contributed by atoms with Crippen molar-refractivity contribution in [2.75, 3.05) is 13.3 Å². The van der Waals surface area contributed by atoms with Crippen LogP contribution in [0.3, 0.4) is 0 Å². The van der Waals surface area contributed by atoms with E-state index in [0.29, 0.717) is 27.9 Å². The van der Waals surface area contributed by atoms with Crippen LogP contribution in [-0.4, -0.2) is 52.0 Å². The fourth-order valence-corrected chi connectivity index (χ4v) is 7.05. The van der Waals surface area contributed by atoms with E-state index in [2.05, 4.69) is 24.7 Å². The van der Waals surface area contributed by atoms with Gasteiger partial charge >= 0.3 is 83.8 Å². The molecule has 2 aromatic carbocycles. The second-order valence-corrected chi connectivity index (χ2v) is 20.2. The van der Waals surface area contributed by atoms with Crippen LogP contribution in [0.4, 0.5) is 52.7 Å². The van der Waals surface area contributed by atoms with E-state index in [0.717, 1.165) is 43.7 Å². The van der Waals surface area contributed by atoms with Gasteiger partial charge in [-0.15, -0.1) is 0 Å². The Morgan fingerprint density at radius 2 is 0.912 bits per heavy atom. The zero-order chi connectivity index (χ0) is 58.7. The van der Waals surface area contributed by atoms with Crippen molar-refractivity contribution in [3.63, 3.8) is 0 Å². The van der Waals surface area contributed by atoms with Gasteiger partial charge in [-0.2, -0.15) is 73.4 Å². The molecule has 0 bridgehead atoms. The normalized spacial score (nSPS) is 12.0. The maximum Gasteiger partial charge on any atom is 1.00 e. The standard InChI is InChI=1S/C21H15ClF6N5O5P.C19H11ClF6N5O7P.2Na/c1-39(2,36)37-10-33-18(34)15(20(23,24)25)6-13(31-33)8-32-9-30-17(21(26,27)28)16(19(32)35)38-14-4-11(7-29)3-12(22)5-14;20-10-1-9(5-27)2-12(3-10)38-14-15(19(24,25)26)28-7-30(17(14)33)6-11-4-13(18(21,22)23)16(32)31(29-11)8-37-39(34,35)36;;/h3-6,9H,8,10H2,1-2H3;1-4,7H,6,8H2,(H2,34,35,36);;/q;;2*+1/p-2. The largest absolute Gasteiger partial charge is 1.00 e. The molecular weight excluding hydrogens is 1220 g/mol. The monoisotopic (exact) mass is 1240 g/mol. The van der Waals surface area contributed by atoms with Crippen LogP contribution >= 0.6 is 38.4 Å². The van der Waals surface area contributed by atoms with Crippen molar-refractivity contribution < 1.29 is 149 Å². The van der Waals surface area contributed by atoms with Crippen molar-refractivity contribution in [2.24, 2.45) is 0 Å². The van der Waals surface area contributed by atoms with Crippen LogP contribution in [-0.2, 0) is 69.4 Å². The third kappa shape index (κ3) is 18.8. The molecule has 0 amide bonds. The molecular formula is C40H24Cl2F12N10Na2O12P2. The number of nitriles is 2. The first-order valence-electron chi connectivity index (χ1n) is 20.1. The summed E-state index contributed by atoms with van der Waals surface area (Å²) < 4.78 is 204. The number of hydrogen-bond donors (Lipinski definition) is 0. The number of phosphoric ester groups is 1. The molecule has 0 aliphatic heterocycles. The molecule has 416 valence electrons. The third-order valence-corrected chi connectivity index (χ3v) is 10.7. The summed E-state index contributed by atoms with van der Waals surface area (Å²) in [5, 5.41) is 24.9. The van der Waals surface area contributed by atoms with Crippen LogP contribution in [0.25, 0.3) is 0 Å². The topological polar surface area (TPSA) is 304 Å². The number of aromatic nitrogens is 8. The van der Waals surface area contributed by atoms with E-state index in [1.807, 2.05) is 0 Å². The van der Waals surface area contributed by atoms with Crippen LogP contribution in [0.15, 0.2) is 80.4 Å². The van der Waals surface area contributed by atoms with E-state index >= 15 is 0 Å². The molecule has 0 atom stereocenters. The first-order chi connectivity index (χ1) is 35.8. The number of ether oxygens (including phenoxy) is 2. The zero-order valence-electron chi connectivity index (χ0n) is 40.2. The second-order valence-electron chi connectivity index (χ2n) is 15.4. The van der Waals surface area contributed by atoms with Crippen molar-refractivity contribution in [2.45, 2.75) is 51.3 Å². The van der Waals surface area contributed by atoms with E-state index in [9.17, 15) is 90.8 Å². The summed E-state index contributed by atoms with van der Waals surface area (Å²) >= 11 is 11.6. The predicted octanol–water partition coefficient (Wildman–Crippen LogP) is 0.729. The van der Waals surface area contributed by atoms with Crippen LogP contribution in [0, 0.1) is 22.7 Å². The zero-order valence-corrected chi connectivity index (χ0v) is 47.5. The number of rotatable bonds is 14. The fourth-order valence-electron chi connectivity index (χ4n) is 5.96. The molecule has 6 rings (SSSR count). The van der Waals surface area contributed by atoms with Gasteiger partial charge in [0.2, 0.25) is 11.5 Å². The SMILES string of the molecule is CP(C)(=O)OCn1nc(Cn2cnc(C(F)(F)F)c(Oc3cc(Cl)cc(C#N)c3)c2=O)cc(C(F)(F)F)c1=O.N#Cc1cc(Cl)cc(Oc2c(C(F)(F)F)ncn(Cc3cc(C(F)(F)F)c(=O)n(COP(=O)([O-])[O-])n3)c2=O)c1.[Na+].[Na+]. The quantitative estimate of drug-likeness (QED) is 0.0825. The van der Waals surface area contributed by atoms with Gasteiger partial charge in [-0.25, -0.2) is 19.3 Å².